The van der Waals surface area contributed by atoms with Crippen molar-refractivity contribution in [1.82, 2.24) is 10.2 Å². The summed E-state index contributed by atoms with van der Waals surface area (Å²) in [7, 11) is 0. The Labute approximate surface area is 121 Å². The van der Waals surface area contributed by atoms with Crippen molar-refractivity contribution in [2.75, 3.05) is 39.5 Å². The first kappa shape index (κ1) is 17.2. The van der Waals surface area contributed by atoms with Crippen molar-refractivity contribution in [1.29, 1.82) is 0 Å². The number of carbonyl (C=O) groups excluding carboxylic acids is 1. The molecule has 0 saturated carbocycles. The van der Waals surface area contributed by atoms with Gasteiger partial charge in [0.25, 0.3) is 0 Å². The third kappa shape index (κ3) is 7.07. The number of hydrogen-bond acceptors (Lipinski definition) is 5. The normalized spacial score (nSPS) is 19.4. The number of likely N-dealkylation sites (tertiary alicyclic amines) is 1. The van der Waals surface area contributed by atoms with E-state index in [1.165, 1.54) is 0 Å². The maximum atomic E-state index is 11.9. The van der Waals surface area contributed by atoms with Gasteiger partial charge in [0.05, 0.1) is 13.2 Å². The van der Waals surface area contributed by atoms with Crippen LogP contribution in [0.2, 0.25) is 0 Å². The number of hydrogen-bond donors (Lipinski definition) is 2. The van der Waals surface area contributed by atoms with Crippen LogP contribution in [0.1, 0.15) is 33.6 Å². The molecule has 118 valence electrons. The average molecular weight is 288 g/mol. The first-order valence-electron chi connectivity index (χ1n) is 7.32. The summed E-state index contributed by atoms with van der Waals surface area (Å²) in [5, 5.41) is 12.0. The Hall–Kier alpha value is -0.850. The van der Waals surface area contributed by atoms with Crippen LogP contribution in [0.5, 0.6) is 0 Å². The molecule has 20 heavy (non-hydrogen) atoms. The largest absolute Gasteiger partial charge is 0.444 e. The summed E-state index contributed by atoms with van der Waals surface area (Å²) in [6.45, 7) is 9.06. The summed E-state index contributed by atoms with van der Waals surface area (Å²) < 4.78 is 10.5. The molecule has 0 aromatic rings. The quantitative estimate of drug-likeness (QED) is 0.684. The standard InChI is InChI=1S/C14H28N2O4/c1-14(2,3)20-13(18)16-7-5-12(11-16)15-6-4-9-19-10-8-17/h12,15,17H,4-11H2,1-3H3. The molecular formula is C14H28N2O4. The number of rotatable bonds is 7. The second kappa shape index (κ2) is 8.44. The van der Waals surface area contributed by atoms with Crippen molar-refractivity contribution in [2.45, 2.75) is 45.3 Å². The first-order valence-corrected chi connectivity index (χ1v) is 7.32. The summed E-state index contributed by atoms with van der Waals surface area (Å²) in [6.07, 6.45) is 1.63. The third-order valence-electron chi connectivity index (χ3n) is 2.97. The van der Waals surface area contributed by atoms with Gasteiger partial charge in [0, 0.05) is 25.7 Å². The molecule has 6 nitrogen and oxygen atoms in total. The summed E-state index contributed by atoms with van der Waals surface area (Å²) in [6, 6.07) is 0.334. The predicted octanol–water partition coefficient (Wildman–Crippen LogP) is 0.984. The van der Waals surface area contributed by atoms with Crippen molar-refractivity contribution in [2.24, 2.45) is 0 Å². The van der Waals surface area contributed by atoms with E-state index in [2.05, 4.69) is 5.32 Å². The fourth-order valence-corrected chi connectivity index (χ4v) is 2.07. The van der Waals surface area contributed by atoms with Crippen LogP contribution in [0.3, 0.4) is 0 Å². The van der Waals surface area contributed by atoms with Crippen molar-refractivity contribution >= 4 is 6.09 Å². The monoisotopic (exact) mass is 288 g/mol. The lowest BCUT2D eigenvalue weighted by Crippen LogP contribution is -2.38. The number of amides is 1. The lowest BCUT2D eigenvalue weighted by molar-refractivity contribution is 0.0291. The molecule has 0 aromatic carbocycles. The highest BCUT2D eigenvalue weighted by atomic mass is 16.6. The summed E-state index contributed by atoms with van der Waals surface area (Å²) in [5.41, 5.74) is -0.438. The van der Waals surface area contributed by atoms with Gasteiger partial charge in [-0.25, -0.2) is 4.79 Å². The van der Waals surface area contributed by atoms with Crippen LogP contribution in [0.15, 0.2) is 0 Å². The number of ether oxygens (including phenoxy) is 2. The minimum Gasteiger partial charge on any atom is -0.444 e. The Bertz CT molecular complexity index is 291. The molecule has 0 aliphatic carbocycles. The zero-order chi connectivity index (χ0) is 15.0. The second-order valence-corrected chi connectivity index (χ2v) is 6.06. The molecule has 1 heterocycles. The van der Waals surface area contributed by atoms with Gasteiger partial charge in [-0.2, -0.15) is 0 Å². The van der Waals surface area contributed by atoms with E-state index >= 15 is 0 Å². The molecule has 1 atom stereocenters. The molecule has 2 N–H and O–H groups in total. The van der Waals surface area contributed by atoms with Crippen molar-refractivity contribution in [3.63, 3.8) is 0 Å². The SMILES string of the molecule is CC(C)(C)OC(=O)N1CCC(NCCCOCCO)C1. The van der Waals surface area contributed by atoms with E-state index in [9.17, 15) is 4.79 Å². The first-order chi connectivity index (χ1) is 9.42. The fourth-order valence-electron chi connectivity index (χ4n) is 2.07. The number of aliphatic hydroxyl groups is 1. The maximum Gasteiger partial charge on any atom is 0.410 e. The second-order valence-electron chi connectivity index (χ2n) is 6.06. The molecule has 6 heteroatoms. The van der Waals surface area contributed by atoms with Gasteiger partial charge in [-0.05, 0) is 40.2 Å². The minimum absolute atomic E-state index is 0.0703. The van der Waals surface area contributed by atoms with Gasteiger partial charge >= 0.3 is 6.09 Å². The van der Waals surface area contributed by atoms with E-state index < -0.39 is 5.60 Å². The Morgan fingerprint density at radius 1 is 1.40 bits per heavy atom. The summed E-state index contributed by atoms with van der Waals surface area (Å²) >= 11 is 0. The molecule has 1 amide bonds. The van der Waals surface area contributed by atoms with Gasteiger partial charge < -0.3 is 24.8 Å². The van der Waals surface area contributed by atoms with Crippen LogP contribution in [-0.2, 0) is 9.47 Å². The highest BCUT2D eigenvalue weighted by Crippen LogP contribution is 2.15. The molecule has 0 radical (unpaired) electrons. The van der Waals surface area contributed by atoms with E-state index in [0.717, 1.165) is 25.9 Å². The van der Waals surface area contributed by atoms with Crippen LogP contribution < -0.4 is 5.32 Å². The van der Waals surface area contributed by atoms with Gasteiger partial charge in [0.1, 0.15) is 5.60 Å². The molecule has 1 unspecified atom stereocenters. The number of nitrogens with zero attached hydrogens (tertiary/aromatic N) is 1. The van der Waals surface area contributed by atoms with E-state index in [0.29, 0.717) is 25.8 Å². The molecule has 1 aliphatic heterocycles. The fraction of sp³-hybridized carbons (Fsp3) is 0.929. The zero-order valence-electron chi connectivity index (χ0n) is 12.9. The maximum absolute atomic E-state index is 11.9. The van der Waals surface area contributed by atoms with E-state index in [1.54, 1.807) is 4.90 Å². The molecule has 1 rings (SSSR count). The van der Waals surface area contributed by atoms with E-state index in [-0.39, 0.29) is 12.7 Å². The zero-order valence-corrected chi connectivity index (χ0v) is 12.9. The minimum atomic E-state index is -0.438. The van der Waals surface area contributed by atoms with Crippen LogP contribution in [-0.4, -0.2) is 67.2 Å². The molecule has 0 bridgehead atoms. The number of nitrogens with one attached hydrogen (secondary N) is 1. The Morgan fingerprint density at radius 2 is 2.15 bits per heavy atom. The summed E-state index contributed by atoms with van der Waals surface area (Å²) in [4.78, 5) is 13.6. The Balaban J connectivity index is 2.12. The van der Waals surface area contributed by atoms with Gasteiger partial charge in [0.15, 0.2) is 0 Å². The molecule has 1 saturated heterocycles. The highest BCUT2D eigenvalue weighted by Gasteiger charge is 2.29. The van der Waals surface area contributed by atoms with Crippen LogP contribution in [0.25, 0.3) is 0 Å². The number of aliphatic hydroxyl groups excluding tert-OH is 1. The smallest absolute Gasteiger partial charge is 0.410 e. The van der Waals surface area contributed by atoms with Crippen molar-refractivity contribution in [3.8, 4) is 0 Å². The van der Waals surface area contributed by atoms with Crippen molar-refractivity contribution in [3.05, 3.63) is 0 Å². The Morgan fingerprint density at radius 3 is 2.80 bits per heavy atom. The topological polar surface area (TPSA) is 71.0 Å². The molecular weight excluding hydrogens is 260 g/mol. The lowest BCUT2D eigenvalue weighted by Gasteiger charge is -2.24. The third-order valence-corrected chi connectivity index (χ3v) is 2.97. The van der Waals surface area contributed by atoms with Crippen LogP contribution >= 0.6 is 0 Å². The molecule has 0 spiro atoms. The molecule has 1 fully saturated rings. The average Bonchev–Trinajstić information content (AvgIpc) is 2.80. The highest BCUT2D eigenvalue weighted by molar-refractivity contribution is 5.68. The van der Waals surface area contributed by atoms with Crippen LogP contribution in [0.4, 0.5) is 4.79 Å². The van der Waals surface area contributed by atoms with E-state index in [1.807, 2.05) is 20.8 Å². The van der Waals surface area contributed by atoms with Gasteiger partial charge in [-0.15, -0.1) is 0 Å². The Kier molecular flexibility index (Phi) is 7.26. The molecule has 0 aromatic heterocycles. The predicted molar refractivity (Wildman–Crippen MR) is 76.7 cm³/mol. The van der Waals surface area contributed by atoms with Gasteiger partial charge in [0.2, 0.25) is 0 Å². The lowest BCUT2D eigenvalue weighted by atomic mass is 10.2. The van der Waals surface area contributed by atoms with Gasteiger partial charge in [-0.3, -0.25) is 0 Å². The van der Waals surface area contributed by atoms with Crippen LogP contribution in [0, 0.1) is 0 Å². The van der Waals surface area contributed by atoms with Gasteiger partial charge in [-0.1, -0.05) is 0 Å². The van der Waals surface area contributed by atoms with E-state index in [4.69, 9.17) is 14.6 Å². The van der Waals surface area contributed by atoms with Crippen molar-refractivity contribution < 1.29 is 19.4 Å². The molecule has 1 aliphatic rings. The number of carbonyl (C=O) groups is 1. The summed E-state index contributed by atoms with van der Waals surface area (Å²) in [5.74, 6) is 0.